The quantitative estimate of drug-likeness (QED) is 0.824. The Morgan fingerprint density at radius 2 is 1.78 bits per heavy atom. The van der Waals surface area contributed by atoms with Gasteiger partial charge in [-0.25, -0.2) is 13.2 Å². The molecule has 0 aromatic heterocycles. The van der Waals surface area contributed by atoms with Gasteiger partial charge >= 0.3 is 5.97 Å². The molecule has 1 aliphatic heterocycles. The zero-order valence-electron chi connectivity index (χ0n) is 12.7. The molecule has 126 valence electrons. The number of aliphatic carboxylic acids is 1. The minimum atomic E-state index is -3.13. The average molecular weight is 357 g/mol. The zero-order valence-corrected chi connectivity index (χ0v) is 14.4. The summed E-state index contributed by atoms with van der Waals surface area (Å²) < 4.78 is 22.5. The van der Waals surface area contributed by atoms with Crippen molar-refractivity contribution in [1.82, 2.24) is 5.32 Å². The zero-order chi connectivity index (χ0) is 17.1. The van der Waals surface area contributed by atoms with Crippen LogP contribution in [0.25, 0.3) is 0 Å². The number of rotatable bonds is 5. The number of carboxylic acids is 1. The molecule has 1 saturated heterocycles. The molecule has 0 spiro atoms. The molecule has 0 bridgehead atoms. The first-order chi connectivity index (χ1) is 10.7. The summed E-state index contributed by atoms with van der Waals surface area (Å²) in [5.41, 5.74) is -0.305. The van der Waals surface area contributed by atoms with Crippen LogP contribution in [0.1, 0.15) is 28.8 Å². The van der Waals surface area contributed by atoms with Crippen molar-refractivity contribution >= 4 is 33.5 Å². The van der Waals surface area contributed by atoms with Crippen LogP contribution in [-0.4, -0.2) is 48.7 Å². The third kappa shape index (κ3) is 4.71. The molecule has 23 heavy (non-hydrogen) atoms. The number of amides is 1. The van der Waals surface area contributed by atoms with Gasteiger partial charge in [0.2, 0.25) is 0 Å². The van der Waals surface area contributed by atoms with Gasteiger partial charge < -0.3 is 10.4 Å². The Balaban J connectivity index is 2.12. The van der Waals surface area contributed by atoms with Gasteiger partial charge in [-0.3, -0.25) is 4.79 Å². The van der Waals surface area contributed by atoms with Gasteiger partial charge in [0, 0.05) is 11.8 Å². The Hall–Kier alpha value is -1.54. The Morgan fingerprint density at radius 3 is 2.26 bits per heavy atom. The maximum atomic E-state index is 12.3. The van der Waals surface area contributed by atoms with Gasteiger partial charge in [-0.1, -0.05) is 12.1 Å². The number of benzene rings is 1. The van der Waals surface area contributed by atoms with Crippen molar-refractivity contribution in [3.05, 3.63) is 35.4 Å². The second-order valence-corrected chi connectivity index (χ2v) is 9.09. The van der Waals surface area contributed by atoms with E-state index in [4.69, 9.17) is 0 Å². The first-order valence-corrected chi connectivity index (χ1v) is 10.3. The molecule has 0 unspecified atom stereocenters. The highest BCUT2D eigenvalue weighted by Crippen LogP contribution is 2.27. The minimum Gasteiger partial charge on any atom is -0.480 e. The molecule has 1 amide bonds. The Kier molecular flexibility index (Phi) is 5.36. The summed E-state index contributed by atoms with van der Waals surface area (Å²) in [7, 11) is -3.13. The number of hydrogen-bond acceptors (Lipinski definition) is 5. The molecule has 8 heteroatoms. The topological polar surface area (TPSA) is 101 Å². The summed E-state index contributed by atoms with van der Waals surface area (Å²) >= 11 is 1.67. The Labute approximate surface area is 139 Å². The molecule has 1 aliphatic rings. The largest absolute Gasteiger partial charge is 0.480 e. The number of carbonyl (C=O) groups excluding carboxylic acids is 1. The molecule has 2 N–H and O–H groups in total. The van der Waals surface area contributed by atoms with Crippen molar-refractivity contribution in [1.29, 1.82) is 0 Å². The number of carbonyl (C=O) groups is 2. The van der Waals surface area contributed by atoms with E-state index in [9.17, 15) is 23.1 Å². The predicted octanol–water partition coefficient (Wildman–Crippen LogP) is 1.31. The molecular weight excluding hydrogens is 338 g/mol. The second kappa shape index (κ2) is 6.92. The smallest absolute Gasteiger partial charge is 0.329 e. The molecule has 0 atom stereocenters. The summed E-state index contributed by atoms with van der Waals surface area (Å²) in [6.45, 7) is 0. The van der Waals surface area contributed by atoms with E-state index in [0.29, 0.717) is 35.5 Å². The Morgan fingerprint density at radius 1 is 1.22 bits per heavy atom. The summed E-state index contributed by atoms with van der Waals surface area (Å²) in [5, 5.41) is 12.1. The highest BCUT2D eigenvalue weighted by molar-refractivity contribution is 7.99. The molecular formula is C15H19NO5S2. The maximum Gasteiger partial charge on any atom is 0.329 e. The molecule has 1 fully saturated rings. The van der Waals surface area contributed by atoms with Crippen LogP contribution < -0.4 is 5.32 Å². The Bertz CT molecular complexity index is 691. The van der Waals surface area contributed by atoms with E-state index in [0.717, 1.165) is 6.26 Å². The molecule has 1 aromatic carbocycles. The lowest BCUT2D eigenvalue weighted by atomic mass is 9.92. The molecule has 1 heterocycles. The molecule has 0 aliphatic carbocycles. The fraction of sp³-hybridized carbons (Fsp3) is 0.467. The van der Waals surface area contributed by atoms with E-state index >= 15 is 0 Å². The van der Waals surface area contributed by atoms with Gasteiger partial charge in [-0.2, -0.15) is 11.8 Å². The summed E-state index contributed by atoms with van der Waals surface area (Å²) in [5.74, 6) is -0.171. The van der Waals surface area contributed by atoms with E-state index in [1.807, 2.05) is 0 Å². The monoisotopic (exact) mass is 357 g/mol. The molecule has 0 saturated carbocycles. The lowest BCUT2D eigenvalue weighted by Crippen LogP contribution is -2.56. The number of sulfone groups is 1. The van der Waals surface area contributed by atoms with E-state index in [-0.39, 0.29) is 5.75 Å². The standard InChI is InChI=1S/C15H19NO5S2/c1-23(20,21)10-11-2-4-12(5-3-11)13(17)16-15(14(18)19)6-8-22-9-7-15/h2-5H,6-10H2,1H3,(H,16,17)(H,18,19). The fourth-order valence-electron chi connectivity index (χ4n) is 2.46. The third-order valence-corrected chi connectivity index (χ3v) is 5.60. The molecule has 2 rings (SSSR count). The molecule has 0 radical (unpaired) electrons. The summed E-state index contributed by atoms with van der Waals surface area (Å²) in [6, 6.07) is 6.17. The lowest BCUT2D eigenvalue weighted by molar-refractivity contribution is -0.144. The van der Waals surface area contributed by atoms with Gasteiger partial charge in [0.1, 0.15) is 5.54 Å². The average Bonchev–Trinajstić information content (AvgIpc) is 2.47. The minimum absolute atomic E-state index is 0.0921. The SMILES string of the molecule is CS(=O)(=O)Cc1ccc(C(=O)NC2(C(=O)O)CCSCC2)cc1. The van der Waals surface area contributed by atoms with Crippen LogP contribution in [0.2, 0.25) is 0 Å². The van der Waals surface area contributed by atoms with Crippen molar-refractivity contribution in [2.75, 3.05) is 17.8 Å². The van der Waals surface area contributed by atoms with Gasteiger partial charge in [0.15, 0.2) is 9.84 Å². The van der Waals surface area contributed by atoms with Gasteiger partial charge in [-0.05, 0) is 42.0 Å². The van der Waals surface area contributed by atoms with Gasteiger partial charge in [0.25, 0.3) is 5.91 Å². The fourth-order valence-corrected chi connectivity index (χ4v) is 4.44. The lowest BCUT2D eigenvalue weighted by Gasteiger charge is -2.33. The molecule has 1 aromatic rings. The van der Waals surface area contributed by atoms with E-state index in [2.05, 4.69) is 5.32 Å². The maximum absolute atomic E-state index is 12.3. The summed E-state index contributed by atoms with van der Waals surface area (Å²) in [4.78, 5) is 23.9. The van der Waals surface area contributed by atoms with E-state index in [1.54, 1.807) is 23.9 Å². The first kappa shape index (κ1) is 17.8. The van der Waals surface area contributed by atoms with Crippen molar-refractivity contribution in [2.45, 2.75) is 24.1 Å². The van der Waals surface area contributed by atoms with Crippen molar-refractivity contribution in [2.24, 2.45) is 0 Å². The van der Waals surface area contributed by atoms with Crippen molar-refractivity contribution in [3.8, 4) is 0 Å². The van der Waals surface area contributed by atoms with Crippen molar-refractivity contribution < 1.29 is 23.1 Å². The van der Waals surface area contributed by atoms with Crippen LogP contribution in [0, 0.1) is 0 Å². The third-order valence-electron chi connectivity index (χ3n) is 3.75. The van der Waals surface area contributed by atoms with Crippen LogP contribution in [0.15, 0.2) is 24.3 Å². The highest BCUT2D eigenvalue weighted by Gasteiger charge is 2.41. The van der Waals surface area contributed by atoms with Gasteiger partial charge in [-0.15, -0.1) is 0 Å². The van der Waals surface area contributed by atoms with Crippen LogP contribution in [0.3, 0.4) is 0 Å². The first-order valence-electron chi connectivity index (χ1n) is 7.12. The second-order valence-electron chi connectivity index (χ2n) is 5.72. The summed E-state index contributed by atoms with van der Waals surface area (Å²) in [6.07, 6.45) is 1.93. The number of thioether (sulfide) groups is 1. The normalized spacial score (nSPS) is 17.4. The van der Waals surface area contributed by atoms with Crippen LogP contribution in [0.5, 0.6) is 0 Å². The van der Waals surface area contributed by atoms with Crippen LogP contribution in [-0.2, 0) is 20.4 Å². The number of nitrogens with one attached hydrogen (secondary N) is 1. The van der Waals surface area contributed by atoms with Crippen molar-refractivity contribution in [3.63, 3.8) is 0 Å². The van der Waals surface area contributed by atoms with Crippen LogP contribution >= 0.6 is 11.8 Å². The van der Waals surface area contributed by atoms with Crippen LogP contribution in [0.4, 0.5) is 0 Å². The number of hydrogen-bond donors (Lipinski definition) is 2. The van der Waals surface area contributed by atoms with Gasteiger partial charge in [0.05, 0.1) is 5.75 Å². The van der Waals surface area contributed by atoms with E-state index < -0.39 is 27.3 Å². The molecule has 6 nitrogen and oxygen atoms in total. The van der Waals surface area contributed by atoms with E-state index in [1.165, 1.54) is 12.1 Å². The predicted molar refractivity (Wildman–Crippen MR) is 89.4 cm³/mol. The number of carboxylic acid groups (broad SMARTS) is 1. The highest BCUT2D eigenvalue weighted by atomic mass is 32.2.